The molecule has 0 spiro atoms. The van der Waals surface area contributed by atoms with Crippen LogP contribution in [0.25, 0.3) is 5.65 Å². The number of fused-ring (bicyclic) bond motifs is 1. The van der Waals surface area contributed by atoms with Gasteiger partial charge in [0.2, 0.25) is 0 Å². The molecule has 0 saturated carbocycles. The molecule has 0 bridgehead atoms. The summed E-state index contributed by atoms with van der Waals surface area (Å²) in [6.45, 7) is 2.05. The minimum Gasteiger partial charge on any atom is -0.337 e. The van der Waals surface area contributed by atoms with Gasteiger partial charge < -0.3 is 9.72 Å². The summed E-state index contributed by atoms with van der Waals surface area (Å²) < 4.78 is 3.74. The number of halogens is 2. The summed E-state index contributed by atoms with van der Waals surface area (Å²) in [5.41, 5.74) is 2.95. The highest BCUT2D eigenvalue weighted by Crippen LogP contribution is 2.25. The van der Waals surface area contributed by atoms with Crippen molar-refractivity contribution in [1.29, 1.82) is 0 Å². The van der Waals surface area contributed by atoms with Crippen molar-refractivity contribution in [2.75, 3.05) is 5.32 Å². The second-order valence-corrected chi connectivity index (χ2v) is 5.83. The summed E-state index contributed by atoms with van der Waals surface area (Å²) in [5.74, 6) is 0.718. The van der Waals surface area contributed by atoms with Gasteiger partial charge in [0.25, 0.3) is 0 Å². The Morgan fingerprint density at radius 1 is 1.26 bits per heavy atom. The van der Waals surface area contributed by atoms with Gasteiger partial charge in [0, 0.05) is 28.8 Å². The van der Waals surface area contributed by atoms with Crippen molar-refractivity contribution in [2.24, 2.45) is 0 Å². The third-order valence-electron chi connectivity index (χ3n) is 2.78. The van der Waals surface area contributed by atoms with Crippen LogP contribution in [0.3, 0.4) is 0 Å². The minimum atomic E-state index is 0.718. The molecule has 0 fully saturated rings. The zero-order valence-corrected chi connectivity index (χ0v) is 13.2. The highest BCUT2D eigenvalue weighted by Gasteiger charge is 2.07. The fourth-order valence-electron chi connectivity index (χ4n) is 1.79. The van der Waals surface area contributed by atoms with Crippen LogP contribution in [0.2, 0.25) is 0 Å². The van der Waals surface area contributed by atoms with Crippen LogP contribution in [0.5, 0.6) is 0 Å². The number of imidazole rings is 1. The highest BCUT2D eigenvalue weighted by molar-refractivity contribution is 9.10. The SMILES string of the molecule is Cc1ccc(Nc2nc(Br)cn3ccnc23)cc1Br. The highest BCUT2D eigenvalue weighted by atomic mass is 79.9. The van der Waals surface area contributed by atoms with Crippen LogP contribution in [-0.4, -0.2) is 14.4 Å². The molecule has 96 valence electrons. The third-order valence-corrected chi connectivity index (χ3v) is 4.02. The maximum Gasteiger partial charge on any atom is 0.180 e. The predicted octanol–water partition coefficient (Wildman–Crippen LogP) is 4.31. The Kier molecular flexibility index (Phi) is 3.28. The van der Waals surface area contributed by atoms with Crippen LogP contribution in [0.1, 0.15) is 5.56 Å². The number of rotatable bonds is 2. The number of nitrogens with one attached hydrogen (secondary N) is 1. The smallest absolute Gasteiger partial charge is 0.180 e. The van der Waals surface area contributed by atoms with Crippen molar-refractivity contribution >= 4 is 49.0 Å². The van der Waals surface area contributed by atoms with Gasteiger partial charge in [0.05, 0.1) is 0 Å². The average Bonchev–Trinajstić information content (AvgIpc) is 2.82. The van der Waals surface area contributed by atoms with Gasteiger partial charge >= 0.3 is 0 Å². The van der Waals surface area contributed by atoms with Crippen molar-refractivity contribution in [1.82, 2.24) is 14.4 Å². The van der Waals surface area contributed by atoms with Gasteiger partial charge in [-0.1, -0.05) is 22.0 Å². The molecule has 1 N–H and O–H groups in total. The molecule has 2 aromatic heterocycles. The van der Waals surface area contributed by atoms with Gasteiger partial charge in [-0.3, -0.25) is 0 Å². The molecule has 19 heavy (non-hydrogen) atoms. The fourth-order valence-corrected chi connectivity index (χ4v) is 2.57. The number of hydrogen-bond acceptors (Lipinski definition) is 3. The second-order valence-electron chi connectivity index (χ2n) is 4.16. The summed E-state index contributed by atoms with van der Waals surface area (Å²) >= 11 is 6.92. The third kappa shape index (κ3) is 2.50. The molecule has 3 rings (SSSR count). The van der Waals surface area contributed by atoms with E-state index in [1.165, 1.54) is 5.56 Å². The number of nitrogens with zero attached hydrogens (tertiary/aromatic N) is 3. The Balaban J connectivity index is 2.04. The molecule has 6 heteroatoms. The lowest BCUT2D eigenvalue weighted by Crippen LogP contribution is -1.99. The lowest BCUT2D eigenvalue weighted by atomic mass is 10.2. The monoisotopic (exact) mass is 380 g/mol. The summed E-state index contributed by atoms with van der Waals surface area (Å²) in [4.78, 5) is 8.73. The molecule has 0 amide bonds. The first-order valence-electron chi connectivity index (χ1n) is 5.66. The van der Waals surface area contributed by atoms with E-state index in [-0.39, 0.29) is 0 Å². The summed E-state index contributed by atoms with van der Waals surface area (Å²) in [5, 5.41) is 3.29. The van der Waals surface area contributed by atoms with E-state index < -0.39 is 0 Å². The van der Waals surface area contributed by atoms with E-state index in [2.05, 4.69) is 54.1 Å². The largest absolute Gasteiger partial charge is 0.337 e. The van der Waals surface area contributed by atoms with Crippen molar-refractivity contribution < 1.29 is 0 Å². The molecule has 0 saturated heterocycles. The number of benzene rings is 1. The zero-order valence-electron chi connectivity index (χ0n) is 10.1. The molecule has 3 aromatic rings. The van der Waals surface area contributed by atoms with Crippen LogP contribution in [0.4, 0.5) is 11.5 Å². The van der Waals surface area contributed by atoms with Gasteiger partial charge in [-0.2, -0.15) is 0 Å². The summed E-state index contributed by atoms with van der Waals surface area (Å²) in [7, 11) is 0. The summed E-state index contributed by atoms with van der Waals surface area (Å²) in [6.07, 6.45) is 5.51. The molecular weight excluding hydrogens is 372 g/mol. The van der Waals surface area contributed by atoms with Gasteiger partial charge in [0.1, 0.15) is 4.60 Å². The Labute approximate surface area is 127 Å². The normalized spacial score (nSPS) is 10.9. The molecule has 0 aliphatic heterocycles. The average molecular weight is 382 g/mol. The van der Waals surface area contributed by atoms with Crippen LogP contribution in [-0.2, 0) is 0 Å². The maximum absolute atomic E-state index is 4.43. The lowest BCUT2D eigenvalue weighted by molar-refractivity contribution is 1.10. The Hall–Kier alpha value is -1.40. The van der Waals surface area contributed by atoms with Crippen LogP contribution >= 0.6 is 31.9 Å². The van der Waals surface area contributed by atoms with E-state index in [1.54, 1.807) is 6.20 Å². The molecule has 0 aliphatic carbocycles. The molecule has 2 heterocycles. The molecule has 4 nitrogen and oxygen atoms in total. The standard InChI is InChI=1S/C13H10Br2N4/c1-8-2-3-9(6-10(8)14)17-12-13-16-4-5-19(13)7-11(15)18-12/h2-7H,1H3,(H,17,18). The van der Waals surface area contributed by atoms with E-state index in [4.69, 9.17) is 0 Å². The minimum absolute atomic E-state index is 0.718. The fraction of sp³-hybridized carbons (Fsp3) is 0.0769. The second kappa shape index (κ2) is 4.94. The van der Waals surface area contributed by atoms with E-state index in [0.717, 1.165) is 26.2 Å². The number of anilines is 2. The van der Waals surface area contributed by atoms with Crippen molar-refractivity contribution in [3.8, 4) is 0 Å². The van der Waals surface area contributed by atoms with E-state index in [9.17, 15) is 0 Å². The van der Waals surface area contributed by atoms with Gasteiger partial charge in [-0.05, 0) is 40.5 Å². The van der Waals surface area contributed by atoms with Crippen molar-refractivity contribution in [3.05, 3.63) is 51.4 Å². The first-order chi connectivity index (χ1) is 9.13. The lowest BCUT2D eigenvalue weighted by Gasteiger charge is -2.09. The summed E-state index contributed by atoms with van der Waals surface area (Å²) in [6, 6.07) is 6.09. The van der Waals surface area contributed by atoms with Crippen LogP contribution in [0, 0.1) is 6.92 Å². The zero-order chi connectivity index (χ0) is 13.4. The van der Waals surface area contributed by atoms with E-state index in [1.807, 2.05) is 35.0 Å². The molecule has 1 aromatic carbocycles. The number of aryl methyl sites for hydroxylation is 1. The van der Waals surface area contributed by atoms with Crippen molar-refractivity contribution in [2.45, 2.75) is 6.92 Å². The molecule has 0 radical (unpaired) electrons. The quantitative estimate of drug-likeness (QED) is 0.719. The first kappa shape index (κ1) is 12.6. The molecule has 0 aliphatic rings. The van der Waals surface area contributed by atoms with E-state index in [0.29, 0.717) is 0 Å². The van der Waals surface area contributed by atoms with Gasteiger partial charge in [-0.15, -0.1) is 0 Å². The van der Waals surface area contributed by atoms with E-state index >= 15 is 0 Å². The topological polar surface area (TPSA) is 42.2 Å². The van der Waals surface area contributed by atoms with Crippen molar-refractivity contribution in [3.63, 3.8) is 0 Å². The molecule has 0 atom stereocenters. The molecular formula is C13H10Br2N4. The Morgan fingerprint density at radius 2 is 2.11 bits per heavy atom. The maximum atomic E-state index is 4.43. The number of hydrogen-bond donors (Lipinski definition) is 1. The molecule has 0 unspecified atom stereocenters. The first-order valence-corrected chi connectivity index (χ1v) is 7.24. The van der Waals surface area contributed by atoms with Gasteiger partial charge in [0.15, 0.2) is 11.5 Å². The van der Waals surface area contributed by atoms with Crippen LogP contribution < -0.4 is 5.32 Å². The Morgan fingerprint density at radius 3 is 2.89 bits per heavy atom. The van der Waals surface area contributed by atoms with Crippen LogP contribution in [0.15, 0.2) is 45.9 Å². The predicted molar refractivity (Wildman–Crippen MR) is 82.8 cm³/mol. The Bertz CT molecular complexity index is 751. The number of aromatic nitrogens is 3. The van der Waals surface area contributed by atoms with Gasteiger partial charge in [-0.25, -0.2) is 9.97 Å².